The molecule has 1 aromatic rings. The third kappa shape index (κ3) is 3.80. The van der Waals surface area contributed by atoms with Crippen molar-refractivity contribution in [3.05, 3.63) is 22.9 Å². The van der Waals surface area contributed by atoms with Crippen LogP contribution >= 0.6 is 15.9 Å². The second-order valence-electron chi connectivity index (χ2n) is 4.59. The average Bonchev–Trinajstić information content (AvgIpc) is 2.82. The number of nitrogens with one attached hydrogen (secondary N) is 1. The Hall–Kier alpha value is -0.900. The van der Waals surface area contributed by atoms with E-state index in [-0.39, 0.29) is 5.91 Å². The second kappa shape index (κ2) is 6.15. The van der Waals surface area contributed by atoms with Crippen LogP contribution in [0.1, 0.15) is 38.5 Å². The van der Waals surface area contributed by atoms with E-state index < -0.39 is 0 Å². The van der Waals surface area contributed by atoms with Crippen LogP contribution in [0.4, 0.5) is 5.69 Å². The molecule has 1 heterocycles. The molecule has 0 radical (unpaired) electrons. The van der Waals surface area contributed by atoms with Crippen LogP contribution in [-0.4, -0.2) is 10.9 Å². The van der Waals surface area contributed by atoms with Crippen LogP contribution in [0, 0.1) is 5.92 Å². The molecule has 3 nitrogen and oxygen atoms in total. The van der Waals surface area contributed by atoms with E-state index in [2.05, 4.69) is 26.2 Å². The fraction of sp³-hybridized carbons (Fsp3) is 0.538. The number of nitrogens with zero attached hydrogens (tertiary/aromatic N) is 1. The fourth-order valence-electron chi connectivity index (χ4n) is 2.32. The summed E-state index contributed by atoms with van der Waals surface area (Å²) in [4.78, 5) is 15.7. The first kappa shape index (κ1) is 12.6. The standard InChI is InChI=1S/C13H17BrN2O/c14-11-9-15-8-7-12(11)16-13(17)6-5-10-3-1-2-4-10/h7-10H,1-6H2,(H,15,16,17). The number of hydrogen-bond acceptors (Lipinski definition) is 2. The van der Waals surface area contributed by atoms with Crippen molar-refractivity contribution in [2.75, 3.05) is 5.32 Å². The Bertz CT molecular complexity index is 389. The maximum atomic E-state index is 11.8. The summed E-state index contributed by atoms with van der Waals surface area (Å²) >= 11 is 3.36. The van der Waals surface area contributed by atoms with Crippen molar-refractivity contribution in [1.82, 2.24) is 4.98 Å². The molecular weight excluding hydrogens is 280 g/mol. The summed E-state index contributed by atoms with van der Waals surface area (Å²) in [6.45, 7) is 0. The topological polar surface area (TPSA) is 42.0 Å². The highest BCUT2D eigenvalue weighted by atomic mass is 79.9. The van der Waals surface area contributed by atoms with Crippen molar-refractivity contribution in [3.63, 3.8) is 0 Å². The zero-order valence-electron chi connectivity index (χ0n) is 9.79. The fourth-order valence-corrected chi connectivity index (χ4v) is 2.67. The van der Waals surface area contributed by atoms with Crippen molar-refractivity contribution in [2.24, 2.45) is 5.92 Å². The number of hydrogen-bond donors (Lipinski definition) is 1. The van der Waals surface area contributed by atoms with Crippen LogP contribution < -0.4 is 5.32 Å². The summed E-state index contributed by atoms with van der Waals surface area (Å²) in [5.41, 5.74) is 0.802. The van der Waals surface area contributed by atoms with E-state index in [9.17, 15) is 4.79 Å². The lowest BCUT2D eigenvalue weighted by molar-refractivity contribution is -0.116. The second-order valence-corrected chi connectivity index (χ2v) is 5.45. The van der Waals surface area contributed by atoms with Crippen molar-refractivity contribution >= 4 is 27.5 Å². The van der Waals surface area contributed by atoms with Crippen molar-refractivity contribution in [3.8, 4) is 0 Å². The molecule has 0 atom stereocenters. The van der Waals surface area contributed by atoms with Gasteiger partial charge >= 0.3 is 0 Å². The molecule has 1 N–H and O–H groups in total. The molecule has 1 aliphatic carbocycles. The number of carbonyl (C=O) groups excluding carboxylic acids is 1. The number of aromatic nitrogens is 1. The Labute approximate surface area is 110 Å². The van der Waals surface area contributed by atoms with E-state index >= 15 is 0 Å². The average molecular weight is 297 g/mol. The minimum absolute atomic E-state index is 0.101. The number of halogens is 1. The van der Waals surface area contributed by atoms with E-state index in [1.54, 1.807) is 18.5 Å². The van der Waals surface area contributed by atoms with Gasteiger partial charge in [-0.05, 0) is 34.3 Å². The summed E-state index contributed by atoms with van der Waals surface area (Å²) < 4.78 is 0.828. The van der Waals surface area contributed by atoms with Gasteiger partial charge in [0.15, 0.2) is 0 Å². The first-order chi connectivity index (χ1) is 8.25. The molecule has 92 valence electrons. The summed E-state index contributed by atoms with van der Waals surface area (Å²) in [6.07, 6.45) is 10.3. The monoisotopic (exact) mass is 296 g/mol. The van der Waals surface area contributed by atoms with Crippen LogP contribution in [0.15, 0.2) is 22.9 Å². The highest BCUT2D eigenvalue weighted by molar-refractivity contribution is 9.10. The van der Waals surface area contributed by atoms with Gasteiger partial charge in [0, 0.05) is 18.8 Å². The molecule has 1 fully saturated rings. The van der Waals surface area contributed by atoms with Gasteiger partial charge < -0.3 is 5.32 Å². The number of rotatable bonds is 4. The Morgan fingerprint density at radius 1 is 1.47 bits per heavy atom. The molecule has 0 bridgehead atoms. The molecule has 0 aromatic carbocycles. The third-order valence-electron chi connectivity index (χ3n) is 3.30. The van der Waals surface area contributed by atoms with Crippen LogP contribution in [0.3, 0.4) is 0 Å². The highest BCUT2D eigenvalue weighted by Gasteiger charge is 2.16. The highest BCUT2D eigenvalue weighted by Crippen LogP contribution is 2.28. The normalized spacial score (nSPS) is 16.1. The van der Waals surface area contributed by atoms with Gasteiger partial charge in [-0.25, -0.2) is 0 Å². The van der Waals surface area contributed by atoms with Crippen LogP contribution in [-0.2, 0) is 4.79 Å². The summed E-state index contributed by atoms with van der Waals surface area (Å²) in [5.74, 6) is 0.866. The molecule has 17 heavy (non-hydrogen) atoms. The lowest BCUT2D eigenvalue weighted by Crippen LogP contribution is -2.13. The largest absolute Gasteiger partial charge is 0.325 e. The van der Waals surface area contributed by atoms with E-state index in [0.29, 0.717) is 6.42 Å². The van der Waals surface area contributed by atoms with Crippen LogP contribution in [0.25, 0.3) is 0 Å². The van der Waals surface area contributed by atoms with Gasteiger partial charge in [-0.1, -0.05) is 25.7 Å². The smallest absolute Gasteiger partial charge is 0.224 e. The van der Waals surface area contributed by atoms with Crippen LogP contribution in [0.2, 0.25) is 0 Å². The summed E-state index contributed by atoms with van der Waals surface area (Å²) in [6, 6.07) is 1.80. The number of anilines is 1. The van der Waals surface area contributed by atoms with Gasteiger partial charge in [0.05, 0.1) is 10.2 Å². The molecular formula is C13H17BrN2O. The number of pyridine rings is 1. The lowest BCUT2D eigenvalue weighted by atomic mass is 10.0. The Kier molecular flexibility index (Phi) is 4.54. The summed E-state index contributed by atoms with van der Waals surface area (Å²) in [5, 5.41) is 2.91. The molecule has 0 unspecified atom stereocenters. The Morgan fingerprint density at radius 2 is 2.24 bits per heavy atom. The zero-order valence-corrected chi connectivity index (χ0v) is 11.4. The minimum Gasteiger partial charge on any atom is -0.325 e. The molecule has 4 heteroatoms. The lowest BCUT2D eigenvalue weighted by Gasteiger charge is -2.09. The van der Waals surface area contributed by atoms with Crippen molar-refractivity contribution < 1.29 is 4.79 Å². The first-order valence-corrected chi connectivity index (χ1v) is 6.94. The minimum atomic E-state index is 0.101. The van der Waals surface area contributed by atoms with Gasteiger partial charge in [-0.3, -0.25) is 9.78 Å². The van der Waals surface area contributed by atoms with Crippen molar-refractivity contribution in [1.29, 1.82) is 0 Å². The van der Waals surface area contributed by atoms with E-state index in [1.165, 1.54) is 25.7 Å². The predicted octanol–water partition coefficient (Wildman–Crippen LogP) is 3.75. The molecule has 0 spiro atoms. The Balaban J connectivity index is 1.79. The van der Waals surface area contributed by atoms with Crippen LogP contribution in [0.5, 0.6) is 0 Å². The third-order valence-corrected chi connectivity index (χ3v) is 3.93. The van der Waals surface area contributed by atoms with Gasteiger partial charge in [0.25, 0.3) is 0 Å². The molecule has 1 saturated carbocycles. The maximum Gasteiger partial charge on any atom is 0.224 e. The SMILES string of the molecule is O=C(CCC1CCCC1)Nc1ccncc1Br. The van der Waals surface area contributed by atoms with Gasteiger partial charge in [-0.2, -0.15) is 0 Å². The molecule has 1 aromatic heterocycles. The molecule has 1 amide bonds. The van der Waals surface area contributed by atoms with Gasteiger partial charge in [0.1, 0.15) is 0 Å². The van der Waals surface area contributed by atoms with E-state index in [1.807, 2.05) is 0 Å². The van der Waals surface area contributed by atoms with Crippen molar-refractivity contribution in [2.45, 2.75) is 38.5 Å². The quantitative estimate of drug-likeness (QED) is 0.919. The molecule has 0 saturated heterocycles. The number of carbonyl (C=O) groups is 1. The number of amides is 1. The molecule has 1 aliphatic rings. The van der Waals surface area contributed by atoms with E-state index in [0.717, 1.165) is 22.5 Å². The van der Waals surface area contributed by atoms with Gasteiger partial charge in [-0.15, -0.1) is 0 Å². The van der Waals surface area contributed by atoms with E-state index in [4.69, 9.17) is 0 Å². The maximum absolute atomic E-state index is 11.8. The molecule has 0 aliphatic heterocycles. The Morgan fingerprint density at radius 3 is 2.94 bits per heavy atom. The van der Waals surface area contributed by atoms with Gasteiger partial charge in [0.2, 0.25) is 5.91 Å². The predicted molar refractivity (Wildman–Crippen MR) is 71.8 cm³/mol. The zero-order chi connectivity index (χ0) is 12.1. The first-order valence-electron chi connectivity index (χ1n) is 6.15. The molecule has 2 rings (SSSR count). The summed E-state index contributed by atoms with van der Waals surface area (Å²) in [7, 11) is 0.